The number of benzene rings is 2. The Balaban J connectivity index is 1.22. The van der Waals surface area contributed by atoms with E-state index in [1.807, 2.05) is 48.8 Å². The minimum Gasteiger partial charge on any atom is -0.480 e. The number of carbonyl (C=O) groups excluding carboxylic acids is 1. The van der Waals surface area contributed by atoms with Crippen LogP contribution in [0.5, 0.6) is 0 Å². The van der Waals surface area contributed by atoms with E-state index in [1.165, 1.54) is 6.07 Å². The van der Waals surface area contributed by atoms with Crippen molar-refractivity contribution in [1.82, 2.24) is 25.2 Å². The molecule has 1 unspecified atom stereocenters. The van der Waals surface area contributed by atoms with Gasteiger partial charge in [-0.25, -0.2) is 14.4 Å². The number of amides is 1. The lowest BCUT2D eigenvalue weighted by molar-refractivity contribution is -0.143. The summed E-state index contributed by atoms with van der Waals surface area (Å²) in [5.74, 6) is -1.10. The van der Waals surface area contributed by atoms with Crippen LogP contribution in [0.1, 0.15) is 26.3 Å². The van der Waals surface area contributed by atoms with E-state index in [1.54, 1.807) is 36.8 Å². The highest BCUT2D eigenvalue weighted by Crippen LogP contribution is 2.33. The summed E-state index contributed by atoms with van der Waals surface area (Å²) in [4.78, 5) is 41.6. The van der Waals surface area contributed by atoms with Crippen molar-refractivity contribution in [3.05, 3.63) is 77.5 Å². The summed E-state index contributed by atoms with van der Waals surface area (Å²) in [6.45, 7) is 7.66. The highest BCUT2D eigenvalue weighted by Gasteiger charge is 2.30. The summed E-state index contributed by atoms with van der Waals surface area (Å²) in [6.07, 6.45) is 5.06. The number of halogens is 2. The Morgan fingerprint density at radius 3 is 2.41 bits per heavy atom. The SMILES string of the molecule is CC(C)(C)OCC(=O)NCC(C(=O)O)N1CCN(c2ncc(-c3ccc4ncc(Cl)c(NCc5ccccc5F)c4c3)cn2)CC1. The number of fused-ring (bicyclic) bond motifs is 1. The van der Waals surface area contributed by atoms with E-state index >= 15 is 0 Å². The third kappa shape index (κ3) is 8.25. The summed E-state index contributed by atoms with van der Waals surface area (Å²) >= 11 is 6.51. The van der Waals surface area contributed by atoms with Crippen molar-refractivity contribution in [3.8, 4) is 11.1 Å². The summed E-state index contributed by atoms with van der Waals surface area (Å²) in [5.41, 5.74) is 3.11. The average Bonchev–Trinajstić information content (AvgIpc) is 3.04. The largest absolute Gasteiger partial charge is 0.480 e. The molecule has 11 nitrogen and oxygen atoms in total. The van der Waals surface area contributed by atoms with Gasteiger partial charge >= 0.3 is 5.97 Å². The van der Waals surface area contributed by atoms with E-state index < -0.39 is 17.6 Å². The Kier molecular flexibility index (Phi) is 10.3. The van der Waals surface area contributed by atoms with Gasteiger partial charge < -0.3 is 25.4 Å². The van der Waals surface area contributed by atoms with Crippen LogP contribution in [0.2, 0.25) is 5.02 Å². The van der Waals surface area contributed by atoms with E-state index in [2.05, 4.69) is 25.6 Å². The summed E-state index contributed by atoms with van der Waals surface area (Å²) in [5, 5.41) is 17.0. The number of pyridine rings is 1. The number of carbonyl (C=O) groups is 2. The van der Waals surface area contributed by atoms with E-state index in [9.17, 15) is 19.1 Å². The molecule has 46 heavy (non-hydrogen) atoms. The van der Waals surface area contributed by atoms with Gasteiger partial charge in [0.25, 0.3) is 0 Å². The van der Waals surface area contributed by atoms with Gasteiger partial charge in [0, 0.05) is 74.4 Å². The second-order valence-electron chi connectivity index (χ2n) is 12.0. The number of piperazine rings is 1. The molecule has 0 saturated carbocycles. The zero-order valence-electron chi connectivity index (χ0n) is 26.0. The molecular weight excluding hydrogens is 613 g/mol. The van der Waals surface area contributed by atoms with E-state index in [0.717, 1.165) is 22.0 Å². The minimum atomic E-state index is -0.997. The van der Waals surface area contributed by atoms with Gasteiger partial charge in [-0.15, -0.1) is 0 Å². The molecule has 1 fully saturated rings. The second-order valence-corrected chi connectivity index (χ2v) is 12.4. The summed E-state index contributed by atoms with van der Waals surface area (Å²) in [7, 11) is 0. The first-order chi connectivity index (χ1) is 22.0. The fourth-order valence-electron chi connectivity index (χ4n) is 5.14. The standard InChI is InChI=1S/C33H37ClFN7O4/c1-33(2,3)46-20-29(43)37-19-28(31(44)45)41-10-12-42(13-11-41)32-39-16-23(17-40-32)21-8-9-27-24(14-21)30(25(34)18-36-27)38-15-22-6-4-5-7-26(22)35/h4-9,14,16-18,28H,10-13,15,19-20H2,1-3H3,(H,36,38)(H,37,43)(H,44,45). The molecule has 0 bridgehead atoms. The number of nitrogens with zero attached hydrogens (tertiary/aromatic N) is 5. The van der Waals surface area contributed by atoms with Gasteiger partial charge in [0.1, 0.15) is 18.5 Å². The van der Waals surface area contributed by atoms with Crippen LogP contribution in [0.4, 0.5) is 16.0 Å². The molecule has 1 saturated heterocycles. The number of aromatic nitrogens is 3. The molecule has 242 valence electrons. The molecule has 1 amide bonds. The van der Waals surface area contributed by atoms with Crippen molar-refractivity contribution >= 4 is 46.0 Å². The lowest BCUT2D eigenvalue weighted by Crippen LogP contribution is -2.56. The number of carboxylic acid groups (broad SMARTS) is 1. The van der Waals surface area contributed by atoms with Gasteiger partial charge in [0.15, 0.2) is 0 Å². The Bertz CT molecular complexity index is 1690. The molecule has 13 heteroatoms. The topological polar surface area (TPSA) is 133 Å². The molecule has 3 N–H and O–H groups in total. The maximum Gasteiger partial charge on any atom is 0.322 e. The molecule has 1 atom stereocenters. The highest BCUT2D eigenvalue weighted by atomic mass is 35.5. The molecule has 0 aliphatic carbocycles. The molecule has 1 aliphatic rings. The lowest BCUT2D eigenvalue weighted by Gasteiger charge is -2.37. The third-order valence-corrected chi connectivity index (χ3v) is 7.95. The van der Waals surface area contributed by atoms with Crippen LogP contribution in [0, 0.1) is 5.82 Å². The molecule has 2 aromatic carbocycles. The number of hydrogen-bond acceptors (Lipinski definition) is 9. The average molecular weight is 650 g/mol. The van der Waals surface area contributed by atoms with Crippen LogP contribution in [0.25, 0.3) is 22.0 Å². The first-order valence-corrected chi connectivity index (χ1v) is 15.4. The van der Waals surface area contributed by atoms with Gasteiger partial charge in [0.2, 0.25) is 11.9 Å². The minimum absolute atomic E-state index is 0.0142. The molecule has 2 aromatic heterocycles. The third-order valence-electron chi connectivity index (χ3n) is 7.66. The first kappa shape index (κ1) is 33.0. The number of rotatable bonds is 11. The van der Waals surface area contributed by atoms with Crippen LogP contribution in [0.15, 0.2) is 61.1 Å². The number of carboxylic acids is 1. The van der Waals surface area contributed by atoms with Crippen LogP contribution in [0.3, 0.4) is 0 Å². The molecule has 5 rings (SSSR count). The Hall–Kier alpha value is -4.39. The number of nitrogens with one attached hydrogen (secondary N) is 2. The normalized spacial score (nSPS) is 14.7. The van der Waals surface area contributed by atoms with E-state index in [-0.39, 0.29) is 31.4 Å². The maximum absolute atomic E-state index is 14.2. The van der Waals surface area contributed by atoms with Gasteiger partial charge in [-0.3, -0.25) is 19.5 Å². The zero-order valence-corrected chi connectivity index (χ0v) is 26.7. The fourth-order valence-corrected chi connectivity index (χ4v) is 5.35. The van der Waals surface area contributed by atoms with Crippen molar-refractivity contribution < 1.29 is 23.8 Å². The smallest absolute Gasteiger partial charge is 0.322 e. The van der Waals surface area contributed by atoms with Crippen LogP contribution in [-0.4, -0.2) is 87.8 Å². The number of ether oxygens (including phenoxy) is 1. The van der Waals surface area contributed by atoms with Crippen molar-refractivity contribution in [2.75, 3.05) is 49.5 Å². The predicted molar refractivity (Wildman–Crippen MR) is 175 cm³/mol. The van der Waals surface area contributed by atoms with Crippen LogP contribution in [-0.2, 0) is 20.9 Å². The fraction of sp³-hybridized carbons (Fsp3) is 0.364. The number of anilines is 2. The van der Waals surface area contributed by atoms with Crippen molar-refractivity contribution in [2.45, 2.75) is 39.0 Å². The Morgan fingerprint density at radius 1 is 1.02 bits per heavy atom. The van der Waals surface area contributed by atoms with Crippen LogP contribution >= 0.6 is 11.6 Å². The molecule has 3 heterocycles. The van der Waals surface area contributed by atoms with Crippen molar-refractivity contribution in [1.29, 1.82) is 0 Å². The number of hydrogen-bond donors (Lipinski definition) is 3. The summed E-state index contributed by atoms with van der Waals surface area (Å²) in [6, 6.07) is 11.5. The quantitative estimate of drug-likeness (QED) is 0.212. The highest BCUT2D eigenvalue weighted by molar-refractivity contribution is 6.34. The molecule has 1 aliphatic heterocycles. The zero-order chi connectivity index (χ0) is 32.8. The van der Waals surface area contributed by atoms with E-state index in [4.69, 9.17) is 16.3 Å². The van der Waals surface area contributed by atoms with E-state index in [0.29, 0.717) is 48.4 Å². The Morgan fingerprint density at radius 2 is 1.74 bits per heavy atom. The van der Waals surface area contributed by atoms with Crippen LogP contribution < -0.4 is 15.5 Å². The summed E-state index contributed by atoms with van der Waals surface area (Å²) < 4.78 is 19.7. The van der Waals surface area contributed by atoms with Crippen molar-refractivity contribution in [3.63, 3.8) is 0 Å². The number of aliphatic carboxylic acids is 1. The molecule has 0 spiro atoms. The van der Waals surface area contributed by atoms with Gasteiger partial charge in [-0.2, -0.15) is 0 Å². The van der Waals surface area contributed by atoms with Gasteiger partial charge in [-0.1, -0.05) is 35.9 Å². The molecular formula is C33H37ClFN7O4. The second kappa shape index (κ2) is 14.4. The monoisotopic (exact) mass is 649 g/mol. The van der Waals surface area contributed by atoms with Gasteiger partial charge in [0.05, 0.1) is 21.8 Å². The van der Waals surface area contributed by atoms with Crippen molar-refractivity contribution in [2.24, 2.45) is 0 Å². The molecule has 0 radical (unpaired) electrons. The maximum atomic E-state index is 14.2. The Labute approximate surface area is 271 Å². The molecule has 4 aromatic rings. The lowest BCUT2D eigenvalue weighted by atomic mass is 10.0. The predicted octanol–water partition coefficient (Wildman–Crippen LogP) is 4.60. The first-order valence-electron chi connectivity index (χ1n) is 15.0. The van der Waals surface area contributed by atoms with Gasteiger partial charge in [-0.05, 0) is 44.5 Å².